The lowest BCUT2D eigenvalue weighted by atomic mass is 10.1. The van der Waals surface area contributed by atoms with Crippen molar-refractivity contribution in [3.63, 3.8) is 0 Å². The zero-order chi connectivity index (χ0) is 16.8. The van der Waals surface area contributed by atoms with E-state index in [2.05, 4.69) is 20.8 Å². The maximum Gasteiger partial charge on any atom is 0.256 e. The van der Waals surface area contributed by atoms with Crippen LogP contribution in [0.2, 0.25) is 0 Å². The first-order valence-corrected chi connectivity index (χ1v) is 7.70. The van der Waals surface area contributed by atoms with Gasteiger partial charge in [-0.15, -0.1) is 10.2 Å². The second kappa shape index (κ2) is 7.37. The summed E-state index contributed by atoms with van der Waals surface area (Å²) in [6.07, 6.45) is 0. The number of aryl methyl sites for hydroxylation is 1. The van der Waals surface area contributed by atoms with E-state index in [0.29, 0.717) is 23.7 Å². The highest BCUT2D eigenvalue weighted by Gasteiger charge is 2.07. The molecule has 0 saturated heterocycles. The van der Waals surface area contributed by atoms with Gasteiger partial charge in [0.1, 0.15) is 5.82 Å². The summed E-state index contributed by atoms with van der Waals surface area (Å²) in [6.45, 7) is 2.62. The number of rotatable bonds is 5. The van der Waals surface area contributed by atoms with Gasteiger partial charge in [-0.05, 0) is 36.8 Å². The van der Waals surface area contributed by atoms with Gasteiger partial charge in [0.25, 0.3) is 5.91 Å². The Labute approximate surface area is 140 Å². The molecule has 0 bridgehead atoms. The molecule has 5 nitrogen and oxygen atoms in total. The van der Waals surface area contributed by atoms with E-state index in [1.54, 1.807) is 18.2 Å². The van der Waals surface area contributed by atoms with Crippen LogP contribution in [0.25, 0.3) is 0 Å². The van der Waals surface area contributed by atoms with Crippen molar-refractivity contribution in [2.75, 3.05) is 10.6 Å². The van der Waals surface area contributed by atoms with Crippen molar-refractivity contribution < 1.29 is 4.79 Å². The largest absolute Gasteiger partial charge is 0.365 e. The molecule has 3 rings (SSSR count). The SMILES string of the molecule is Cc1cccc(C(=O)Nc2ccc(NCc3ccccc3)nn2)c1. The van der Waals surface area contributed by atoms with Crippen LogP contribution >= 0.6 is 0 Å². The summed E-state index contributed by atoms with van der Waals surface area (Å²) in [5, 5.41) is 14.1. The third-order valence-electron chi connectivity index (χ3n) is 3.50. The molecule has 24 heavy (non-hydrogen) atoms. The number of nitrogens with zero attached hydrogens (tertiary/aromatic N) is 2. The normalized spacial score (nSPS) is 10.2. The molecular weight excluding hydrogens is 300 g/mol. The minimum Gasteiger partial charge on any atom is -0.365 e. The number of amides is 1. The summed E-state index contributed by atoms with van der Waals surface area (Å²) >= 11 is 0. The van der Waals surface area contributed by atoms with Gasteiger partial charge in [-0.3, -0.25) is 4.79 Å². The van der Waals surface area contributed by atoms with Gasteiger partial charge in [-0.25, -0.2) is 0 Å². The average Bonchev–Trinajstić information content (AvgIpc) is 2.62. The van der Waals surface area contributed by atoms with Crippen LogP contribution in [-0.4, -0.2) is 16.1 Å². The number of nitrogens with one attached hydrogen (secondary N) is 2. The van der Waals surface area contributed by atoms with Crippen LogP contribution in [0.4, 0.5) is 11.6 Å². The summed E-state index contributed by atoms with van der Waals surface area (Å²) in [6, 6.07) is 21.0. The number of anilines is 2. The molecule has 3 aromatic rings. The number of benzene rings is 2. The van der Waals surface area contributed by atoms with Gasteiger partial charge in [0.05, 0.1) is 0 Å². The van der Waals surface area contributed by atoms with Gasteiger partial charge in [0.2, 0.25) is 0 Å². The van der Waals surface area contributed by atoms with Gasteiger partial charge < -0.3 is 10.6 Å². The van der Waals surface area contributed by atoms with Gasteiger partial charge in [-0.1, -0.05) is 48.0 Å². The highest BCUT2D eigenvalue weighted by molar-refractivity contribution is 6.03. The molecule has 0 aliphatic rings. The minimum absolute atomic E-state index is 0.196. The number of aromatic nitrogens is 2. The van der Waals surface area contributed by atoms with Gasteiger partial charge in [0.15, 0.2) is 5.82 Å². The smallest absolute Gasteiger partial charge is 0.256 e. The van der Waals surface area contributed by atoms with Crippen molar-refractivity contribution in [1.29, 1.82) is 0 Å². The Morgan fingerprint density at radius 2 is 1.67 bits per heavy atom. The first kappa shape index (κ1) is 15.7. The number of carbonyl (C=O) groups is 1. The van der Waals surface area contributed by atoms with E-state index in [9.17, 15) is 4.79 Å². The summed E-state index contributed by atoms with van der Waals surface area (Å²) in [4.78, 5) is 12.2. The molecular formula is C19H18N4O. The number of hydrogen-bond acceptors (Lipinski definition) is 4. The van der Waals surface area contributed by atoms with Crippen LogP contribution in [0.1, 0.15) is 21.5 Å². The summed E-state index contributed by atoms with van der Waals surface area (Å²) in [7, 11) is 0. The molecule has 1 heterocycles. The van der Waals surface area contributed by atoms with E-state index >= 15 is 0 Å². The fourth-order valence-corrected chi connectivity index (χ4v) is 2.26. The molecule has 0 fully saturated rings. The van der Waals surface area contributed by atoms with E-state index in [1.165, 1.54) is 0 Å². The Hall–Kier alpha value is -3.21. The van der Waals surface area contributed by atoms with Crippen LogP contribution in [-0.2, 0) is 6.54 Å². The molecule has 0 unspecified atom stereocenters. The zero-order valence-electron chi connectivity index (χ0n) is 13.4. The lowest BCUT2D eigenvalue weighted by Crippen LogP contribution is -2.13. The molecule has 0 atom stereocenters. The van der Waals surface area contributed by atoms with Crippen molar-refractivity contribution >= 4 is 17.5 Å². The maximum absolute atomic E-state index is 12.2. The summed E-state index contributed by atoms with van der Waals surface area (Å²) in [5.41, 5.74) is 2.80. The molecule has 0 aliphatic heterocycles. The summed E-state index contributed by atoms with van der Waals surface area (Å²) < 4.78 is 0. The average molecular weight is 318 g/mol. The van der Waals surface area contributed by atoms with Gasteiger partial charge >= 0.3 is 0 Å². The second-order valence-corrected chi connectivity index (χ2v) is 5.47. The van der Waals surface area contributed by atoms with E-state index in [-0.39, 0.29) is 5.91 Å². The Balaban J connectivity index is 1.59. The standard InChI is InChI=1S/C19H18N4O/c1-14-6-5-9-16(12-14)19(24)21-18-11-10-17(22-23-18)20-13-15-7-3-2-4-8-15/h2-12H,13H2,1H3,(H,20,22)(H,21,23,24). The molecule has 2 N–H and O–H groups in total. The van der Waals surface area contributed by atoms with Crippen molar-refractivity contribution in [2.45, 2.75) is 13.5 Å². The molecule has 1 amide bonds. The predicted molar refractivity (Wildman–Crippen MR) is 94.9 cm³/mol. The number of carbonyl (C=O) groups excluding carboxylic acids is 1. The van der Waals surface area contributed by atoms with E-state index in [4.69, 9.17) is 0 Å². The fourth-order valence-electron chi connectivity index (χ4n) is 2.26. The van der Waals surface area contributed by atoms with Crippen LogP contribution in [0.5, 0.6) is 0 Å². The Morgan fingerprint density at radius 3 is 2.38 bits per heavy atom. The molecule has 120 valence electrons. The molecule has 5 heteroatoms. The fraction of sp³-hybridized carbons (Fsp3) is 0.105. The van der Waals surface area contributed by atoms with Crippen LogP contribution in [0.15, 0.2) is 66.7 Å². The minimum atomic E-state index is -0.196. The van der Waals surface area contributed by atoms with Crippen molar-refractivity contribution in [2.24, 2.45) is 0 Å². The lowest BCUT2D eigenvalue weighted by molar-refractivity contribution is 0.102. The quantitative estimate of drug-likeness (QED) is 0.753. The molecule has 1 aromatic heterocycles. The van der Waals surface area contributed by atoms with Crippen LogP contribution < -0.4 is 10.6 Å². The summed E-state index contributed by atoms with van der Waals surface area (Å²) in [5.74, 6) is 0.886. The van der Waals surface area contributed by atoms with Gasteiger partial charge in [0, 0.05) is 12.1 Å². The zero-order valence-corrected chi connectivity index (χ0v) is 13.4. The van der Waals surface area contributed by atoms with E-state index in [1.807, 2.05) is 55.5 Å². The van der Waals surface area contributed by atoms with Crippen LogP contribution in [0.3, 0.4) is 0 Å². The molecule has 0 radical (unpaired) electrons. The molecule has 0 aliphatic carbocycles. The molecule has 0 spiro atoms. The van der Waals surface area contributed by atoms with Crippen molar-refractivity contribution in [1.82, 2.24) is 10.2 Å². The Morgan fingerprint density at radius 1 is 0.917 bits per heavy atom. The van der Waals surface area contributed by atoms with Crippen LogP contribution in [0, 0.1) is 6.92 Å². The Kier molecular flexibility index (Phi) is 4.81. The first-order chi connectivity index (χ1) is 11.7. The van der Waals surface area contributed by atoms with Crippen molar-refractivity contribution in [3.05, 3.63) is 83.4 Å². The van der Waals surface area contributed by atoms with Gasteiger partial charge in [-0.2, -0.15) is 0 Å². The third-order valence-corrected chi connectivity index (χ3v) is 3.50. The Bertz CT molecular complexity index is 816. The highest BCUT2D eigenvalue weighted by Crippen LogP contribution is 2.10. The second-order valence-electron chi connectivity index (χ2n) is 5.47. The monoisotopic (exact) mass is 318 g/mol. The third kappa shape index (κ3) is 4.16. The highest BCUT2D eigenvalue weighted by atomic mass is 16.1. The van der Waals surface area contributed by atoms with E-state index in [0.717, 1.165) is 11.1 Å². The molecule has 0 saturated carbocycles. The van der Waals surface area contributed by atoms with E-state index < -0.39 is 0 Å². The number of hydrogen-bond donors (Lipinski definition) is 2. The topological polar surface area (TPSA) is 66.9 Å². The lowest BCUT2D eigenvalue weighted by Gasteiger charge is -2.07. The first-order valence-electron chi connectivity index (χ1n) is 7.70. The maximum atomic E-state index is 12.2. The predicted octanol–water partition coefficient (Wildman–Crippen LogP) is 3.65. The van der Waals surface area contributed by atoms with Crippen molar-refractivity contribution in [3.8, 4) is 0 Å². The molecule has 2 aromatic carbocycles.